The zero-order valence-electron chi connectivity index (χ0n) is 7.28. The third kappa shape index (κ3) is 2.20. The van der Waals surface area contributed by atoms with Gasteiger partial charge in [0, 0.05) is 6.54 Å². The van der Waals surface area contributed by atoms with Crippen LogP contribution in [0, 0.1) is 0 Å². The molecule has 1 heterocycles. The van der Waals surface area contributed by atoms with E-state index < -0.39 is 30.7 Å². The van der Waals surface area contributed by atoms with Gasteiger partial charge in [-0.1, -0.05) is 0 Å². The number of rotatable bonds is 3. The second-order valence-electron chi connectivity index (χ2n) is 3.06. The summed E-state index contributed by atoms with van der Waals surface area (Å²) in [7, 11) is 0. The third-order valence-corrected chi connectivity index (χ3v) is 2.09. The SMILES string of the molecule is O=CNC[C@@H]1OC(O)[C@@H](O)[C@H](O)[C@@H]1O. The Kier molecular flexibility index (Phi) is 3.78. The van der Waals surface area contributed by atoms with E-state index >= 15 is 0 Å². The molecular formula is C7H13NO6. The molecule has 1 unspecified atom stereocenters. The van der Waals surface area contributed by atoms with Crippen LogP contribution in [0.2, 0.25) is 0 Å². The molecule has 0 saturated carbocycles. The van der Waals surface area contributed by atoms with Crippen molar-refractivity contribution in [1.82, 2.24) is 5.32 Å². The lowest BCUT2D eigenvalue weighted by Gasteiger charge is -2.38. The normalized spacial score (nSPS) is 43.3. The Bertz CT molecular complexity index is 201. The lowest BCUT2D eigenvalue weighted by atomic mass is 9.99. The van der Waals surface area contributed by atoms with Crippen LogP contribution >= 0.6 is 0 Å². The molecule has 5 N–H and O–H groups in total. The molecule has 7 heteroatoms. The molecule has 0 aliphatic carbocycles. The number of amides is 1. The van der Waals surface area contributed by atoms with E-state index in [-0.39, 0.29) is 6.54 Å². The zero-order valence-corrected chi connectivity index (χ0v) is 7.28. The highest BCUT2D eigenvalue weighted by atomic mass is 16.6. The fourth-order valence-electron chi connectivity index (χ4n) is 1.26. The van der Waals surface area contributed by atoms with Gasteiger partial charge >= 0.3 is 0 Å². The van der Waals surface area contributed by atoms with Crippen LogP contribution in [0.4, 0.5) is 0 Å². The van der Waals surface area contributed by atoms with Gasteiger partial charge in [-0.3, -0.25) is 4.79 Å². The Morgan fingerprint density at radius 1 is 1.14 bits per heavy atom. The fraction of sp³-hybridized carbons (Fsp3) is 0.857. The van der Waals surface area contributed by atoms with E-state index in [1.807, 2.05) is 0 Å². The van der Waals surface area contributed by atoms with Crippen LogP contribution in [0.15, 0.2) is 0 Å². The van der Waals surface area contributed by atoms with Crippen LogP contribution in [0.3, 0.4) is 0 Å². The Labute approximate surface area is 79.9 Å². The van der Waals surface area contributed by atoms with Crippen molar-refractivity contribution >= 4 is 6.41 Å². The molecule has 5 atom stereocenters. The first kappa shape index (κ1) is 11.3. The predicted molar refractivity (Wildman–Crippen MR) is 43.0 cm³/mol. The zero-order chi connectivity index (χ0) is 10.7. The first-order valence-electron chi connectivity index (χ1n) is 4.12. The quantitative estimate of drug-likeness (QED) is 0.307. The predicted octanol–water partition coefficient (Wildman–Crippen LogP) is -3.47. The van der Waals surface area contributed by atoms with Crippen LogP contribution in [0.1, 0.15) is 0 Å². The number of nitrogens with one attached hydrogen (secondary N) is 1. The lowest BCUT2D eigenvalue weighted by molar-refractivity contribution is -0.280. The number of hydrogen-bond donors (Lipinski definition) is 5. The minimum absolute atomic E-state index is 0.0501. The van der Waals surface area contributed by atoms with E-state index in [1.54, 1.807) is 0 Å². The van der Waals surface area contributed by atoms with Gasteiger partial charge in [-0.25, -0.2) is 0 Å². The van der Waals surface area contributed by atoms with Crippen LogP contribution in [-0.2, 0) is 9.53 Å². The van der Waals surface area contributed by atoms with Crippen molar-refractivity contribution in [3.05, 3.63) is 0 Å². The van der Waals surface area contributed by atoms with E-state index in [0.29, 0.717) is 6.41 Å². The van der Waals surface area contributed by atoms with Crippen molar-refractivity contribution in [2.24, 2.45) is 0 Å². The van der Waals surface area contributed by atoms with Crippen molar-refractivity contribution < 1.29 is 30.0 Å². The molecule has 1 fully saturated rings. The smallest absolute Gasteiger partial charge is 0.207 e. The summed E-state index contributed by atoms with van der Waals surface area (Å²) >= 11 is 0. The molecule has 0 aromatic carbocycles. The number of carbonyl (C=O) groups excluding carboxylic acids is 1. The molecule has 1 aliphatic heterocycles. The molecule has 7 nitrogen and oxygen atoms in total. The highest BCUT2D eigenvalue weighted by Gasteiger charge is 2.42. The van der Waals surface area contributed by atoms with Crippen molar-refractivity contribution in [3.8, 4) is 0 Å². The minimum Gasteiger partial charge on any atom is -0.388 e. The maximum atomic E-state index is 9.96. The van der Waals surface area contributed by atoms with Gasteiger partial charge in [-0.2, -0.15) is 0 Å². The number of aliphatic hydroxyl groups excluding tert-OH is 4. The van der Waals surface area contributed by atoms with Gasteiger partial charge in [0.1, 0.15) is 24.4 Å². The van der Waals surface area contributed by atoms with Crippen LogP contribution in [0.5, 0.6) is 0 Å². The van der Waals surface area contributed by atoms with E-state index in [2.05, 4.69) is 5.32 Å². The molecule has 0 aromatic rings. The summed E-state index contributed by atoms with van der Waals surface area (Å²) in [6.07, 6.45) is -6.48. The Hall–Kier alpha value is -0.730. The van der Waals surface area contributed by atoms with Crippen molar-refractivity contribution in [2.45, 2.75) is 30.7 Å². The number of hydrogen-bond acceptors (Lipinski definition) is 6. The minimum atomic E-state index is -1.56. The second kappa shape index (κ2) is 4.67. The largest absolute Gasteiger partial charge is 0.388 e. The molecule has 14 heavy (non-hydrogen) atoms. The summed E-state index contributed by atoms with van der Waals surface area (Å²) in [6.45, 7) is -0.0501. The van der Waals surface area contributed by atoms with Crippen molar-refractivity contribution in [1.29, 1.82) is 0 Å². The van der Waals surface area contributed by atoms with Crippen LogP contribution < -0.4 is 5.32 Å². The molecule has 1 amide bonds. The van der Waals surface area contributed by atoms with Gasteiger partial charge in [-0.05, 0) is 0 Å². The van der Waals surface area contributed by atoms with Gasteiger partial charge in [0.05, 0.1) is 0 Å². The highest BCUT2D eigenvalue weighted by Crippen LogP contribution is 2.18. The Morgan fingerprint density at radius 3 is 2.36 bits per heavy atom. The topological polar surface area (TPSA) is 119 Å². The monoisotopic (exact) mass is 207 g/mol. The van der Waals surface area contributed by atoms with Gasteiger partial charge in [0.15, 0.2) is 6.29 Å². The third-order valence-electron chi connectivity index (χ3n) is 2.09. The average Bonchev–Trinajstić information content (AvgIpc) is 2.18. The molecule has 0 radical (unpaired) electrons. The van der Waals surface area contributed by atoms with E-state index in [1.165, 1.54) is 0 Å². The maximum Gasteiger partial charge on any atom is 0.207 e. The molecule has 1 saturated heterocycles. The van der Waals surface area contributed by atoms with Crippen molar-refractivity contribution in [3.63, 3.8) is 0 Å². The van der Waals surface area contributed by atoms with Crippen LogP contribution in [-0.4, -0.2) is 64.1 Å². The summed E-state index contributed by atoms with van der Waals surface area (Å²) in [5.74, 6) is 0. The summed E-state index contributed by atoms with van der Waals surface area (Å²) in [5.41, 5.74) is 0. The fourth-order valence-corrected chi connectivity index (χ4v) is 1.26. The summed E-state index contributed by atoms with van der Waals surface area (Å²) in [6, 6.07) is 0. The maximum absolute atomic E-state index is 9.96. The number of ether oxygens (including phenoxy) is 1. The molecule has 1 aliphatic rings. The number of aliphatic hydroxyl groups is 4. The highest BCUT2D eigenvalue weighted by molar-refractivity contribution is 5.45. The average molecular weight is 207 g/mol. The van der Waals surface area contributed by atoms with Crippen molar-refractivity contribution in [2.75, 3.05) is 6.54 Å². The Balaban J connectivity index is 2.55. The summed E-state index contributed by atoms with van der Waals surface area (Å²) < 4.78 is 4.76. The first-order chi connectivity index (χ1) is 6.57. The van der Waals surface area contributed by atoms with E-state index in [4.69, 9.17) is 14.9 Å². The van der Waals surface area contributed by atoms with Gasteiger partial charge < -0.3 is 30.5 Å². The van der Waals surface area contributed by atoms with E-state index in [0.717, 1.165) is 0 Å². The first-order valence-corrected chi connectivity index (χ1v) is 4.12. The van der Waals surface area contributed by atoms with Crippen LogP contribution in [0.25, 0.3) is 0 Å². The molecule has 82 valence electrons. The van der Waals surface area contributed by atoms with Gasteiger partial charge in [-0.15, -0.1) is 0 Å². The Morgan fingerprint density at radius 2 is 1.79 bits per heavy atom. The lowest BCUT2D eigenvalue weighted by Crippen LogP contribution is -2.59. The standard InChI is InChI=1S/C7H13NO6/c9-2-8-1-3-4(10)5(11)6(12)7(13)14-3/h2-7,10-13H,1H2,(H,8,9)/t3-,4+,5+,6-,7?/m0/s1. The van der Waals surface area contributed by atoms with Gasteiger partial charge in [0.2, 0.25) is 6.41 Å². The molecular weight excluding hydrogens is 194 g/mol. The van der Waals surface area contributed by atoms with E-state index in [9.17, 15) is 15.0 Å². The number of carbonyl (C=O) groups is 1. The molecule has 0 bridgehead atoms. The summed E-state index contributed by atoms with van der Waals surface area (Å²) in [4.78, 5) is 9.96. The molecule has 0 spiro atoms. The summed E-state index contributed by atoms with van der Waals surface area (Å²) in [5, 5.41) is 39.0. The van der Waals surface area contributed by atoms with Gasteiger partial charge in [0.25, 0.3) is 0 Å². The molecule has 0 aromatic heterocycles. The molecule has 1 rings (SSSR count). The second-order valence-corrected chi connectivity index (χ2v) is 3.06.